The summed E-state index contributed by atoms with van der Waals surface area (Å²) >= 11 is 0. The molecule has 3 nitrogen and oxygen atoms in total. The van der Waals surface area contributed by atoms with Crippen molar-refractivity contribution >= 4 is 12.0 Å². The lowest BCUT2D eigenvalue weighted by molar-refractivity contribution is -0.140. The minimum absolute atomic E-state index is 0.204. The average Bonchev–Trinajstić information content (AvgIpc) is 2.77. The summed E-state index contributed by atoms with van der Waals surface area (Å²) in [5.41, 5.74) is 2.74. The second kappa shape index (κ2) is 9.98. The Labute approximate surface area is 178 Å². The van der Waals surface area contributed by atoms with Crippen LogP contribution in [0, 0.1) is 0 Å². The maximum Gasteiger partial charge on any atom is 0.416 e. The molecule has 0 aliphatic rings. The van der Waals surface area contributed by atoms with Crippen molar-refractivity contribution in [2.75, 3.05) is 13.7 Å². The first-order valence-corrected chi connectivity index (χ1v) is 9.58. The fraction of sp³-hybridized carbons (Fsp3) is 0.160. The number of hydrogen-bond donors (Lipinski definition) is 0. The number of benzene rings is 3. The van der Waals surface area contributed by atoms with Gasteiger partial charge in [0.2, 0.25) is 0 Å². The van der Waals surface area contributed by atoms with Gasteiger partial charge in [0.05, 0.1) is 19.1 Å². The van der Waals surface area contributed by atoms with E-state index in [2.05, 4.69) is 0 Å². The van der Waals surface area contributed by atoms with Crippen LogP contribution in [0.15, 0.2) is 78.9 Å². The number of ether oxygens (including phenoxy) is 2. The standard InChI is InChI=1S/C25H21F3O3/c1-30-24(29)16-19-5-2-7-20(15-19)21-8-3-9-23(17-21)31-14-4-6-18-10-12-22(13-11-18)25(26,27)28/h2-13,15,17H,14,16H2,1H3. The van der Waals surface area contributed by atoms with Gasteiger partial charge in [0, 0.05) is 0 Å². The first-order valence-electron chi connectivity index (χ1n) is 9.58. The molecule has 31 heavy (non-hydrogen) atoms. The summed E-state index contributed by atoms with van der Waals surface area (Å²) in [5.74, 6) is 0.363. The van der Waals surface area contributed by atoms with Gasteiger partial charge in [0.1, 0.15) is 12.4 Å². The Morgan fingerprint density at radius 2 is 1.61 bits per heavy atom. The molecule has 0 saturated heterocycles. The van der Waals surface area contributed by atoms with Crippen LogP contribution in [0.2, 0.25) is 0 Å². The van der Waals surface area contributed by atoms with E-state index >= 15 is 0 Å². The molecule has 6 heteroatoms. The minimum Gasteiger partial charge on any atom is -0.490 e. The van der Waals surface area contributed by atoms with Crippen molar-refractivity contribution in [2.24, 2.45) is 0 Å². The number of halogens is 3. The maximum absolute atomic E-state index is 12.6. The quantitative estimate of drug-likeness (QED) is 0.423. The van der Waals surface area contributed by atoms with Crippen molar-refractivity contribution in [2.45, 2.75) is 12.6 Å². The molecule has 3 aromatic carbocycles. The Morgan fingerprint density at radius 1 is 0.935 bits per heavy atom. The van der Waals surface area contributed by atoms with Gasteiger partial charge in [-0.3, -0.25) is 4.79 Å². The van der Waals surface area contributed by atoms with Gasteiger partial charge in [-0.05, 0) is 52.6 Å². The summed E-state index contributed by atoms with van der Waals surface area (Å²) in [7, 11) is 1.36. The molecule has 0 unspecified atom stereocenters. The first-order chi connectivity index (χ1) is 14.8. The van der Waals surface area contributed by atoms with Gasteiger partial charge in [0.25, 0.3) is 0 Å². The van der Waals surface area contributed by atoms with Gasteiger partial charge in [-0.1, -0.05) is 54.6 Å². The molecule has 160 valence electrons. The number of carbonyl (C=O) groups is 1. The maximum atomic E-state index is 12.6. The molecule has 0 aliphatic carbocycles. The highest BCUT2D eigenvalue weighted by Crippen LogP contribution is 2.29. The third kappa shape index (κ3) is 6.47. The largest absolute Gasteiger partial charge is 0.490 e. The molecule has 0 N–H and O–H groups in total. The summed E-state index contributed by atoms with van der Waals surface area (Å²) in [5, 5.41) is 0. The average molecular weight is 426 g/mol. The van der Waals surface area contributed by atoms with Crippen LogP contribution in [0.25, 0.3) is 17.2 Å². The van der Waals surface area contributed by atoms with E-state index in [1.165, 1.54) is 19.2 Å². The smallest absolute Gasteiger partial charge is 0.416 e. The highest BCUT2D eigenvalue weighted by Gasteiger charge is 2.29. The SMILES string of the molecule is COC(=O)Cc1cccc(-c2cccc(OCC=Cc3ccc(C(F)(F)F)cc3)c2)c1. The van der Waals surface area contributed by atoms with Crippen molar-refractivity contribution in [1.29, 1.82) is 0 Å². The lowest BCUT2D eigenvalue weighted by Crippen LogP contribution is -2.04. The monoisotopic (exact) mass is 426 g/mol. The van der Waals surface area contributed by atoms with Gasteiger partial charge >= 0.3 is 12.1 Å². The second-order valence-corrected chi connectivity index (χ2v) is 6.81. The normalized spacial score (nSPS) is 11.5. The summed E-state index contributed by atoms with van der Waals surface area (Å²) in [6, 6.07) is 20.1. The molecule has 0 saturated carbocycles. The van der Waals surface area contributed by atoms with Crippen LogP contribution in [0.5, 0.6) is 5.75 Å². The van der Waals surface area contributed by atoms with E-state index in [-0.39, 0.29) is 19.0 Å². The number of hydrogen-bond acceptors (Lipinski definition) is 3. The van der Waals surface area contributed by atoms with E-state index in [0.717, 1.165) is 28.8 Å². The zero-order valence-corrected chi connectivity index (χ0v) is 16.9. The summed E-state index contributed by atoms with van der Waals surface area (Å²) in [4.78, 5) is 11.5. The Bertz CT molecular complexity index is 1050. The molecule has 0 aliphatic heterocycles. The summed E-state index contributed by atoms with van der Waals surface area (Å²) < 4.78 is 48.3. The molecule has 0 spiro atoms. The molecule has 0 amide bonds. The fourth-order valence-electron chi connectivity index (χ4n) is 2.98. The first kappa shape index (κ1) is 22.2. The number of rotatable bonds is 7. The predicted octanol–water partition coefficient (Wildman–Crippen LogP) is 6.18. The lowest BCUT2D eigenvalue weighted by Gasteiger charge is -2.08. The Morgan fingerprint density at radius 3 is 2.29 bits per heavy atom. The number of carbonyl (C=O) groups excluding carboxylic acids is 1. The van der Waals surface area contributed by atoms with Crippen LogP contribution >= 0.6 is 0 Å². The number of alkyl halides is 3. The van der Waals surface area contributed by atoms with Gasteiger partial charge in [0.15, 0.2) is 0 Å². The third-order valence-electron chi connectivity index (χ3n) is 4.57. The Balaban J connectivity index is 1.62. The van der Waals surface area contributed by atoms with Gasteiger partial charge in [-0.25, -0.2) is 0 Å². The zero-order chi connectivity index (χ0) is 22.3. The summed E-state index contributed by atoms with van der Waals surface area (Å²) in [6.07, 6.45) is -0.684. The fourth-order valence-corrected chi connectivity index (χ4v) is 2.98. The lowest BCUT2D eigenvalue weighted by atomic mass is 10.0. The molecule has 0 aromatic heterocycles. The van der Waals surface area contributed by atoms with Crippen LogP contribution in [-0.4, -0.2) is 19.7 Å². The molecular weight excluding hydrogens is 405 g/mol. The predicted molar refractivity (Wildman–Crippen MR) is 114 cm³/mol. The minimum atomic E-state index is -4.34. The highest BCUT2D eigenvalue weighted by atomic mass is 19.4. The molecular formula is C25H21F3O3. The van der Waals surface area contributed by atoms with E-state index in [0.29, 0.717) is 11.3 Å². The van der Waals surface area contributed by atoms with Crippen LogP contribution in [0.4, 0.5) is 13.2 Å². The molecule has 3 aromatic rings. The molecule has 0 bridgehead atoms. The van der Waals surface area contributed by atoms with Gasteiger partial charge in [-0.2, -0.15) is 13.2 Å². The van der Waals surface area contributed by atoms with Crippen molar-refractivity contribution in [1.82, 2.24) is 0 Å². The molecule has 0 atom stereocenters. The van der Waals surface area contributed by atoms with Gasteiger partial charge in [-0.15, -0.1) is 0 Å². The van der Waals surface area contributed by atoms with Crippen molar-refractivity contribution in [3.05, 3.63) is 95.6 Å². The van der Waals surface area contributed by atoms with E-state index < -0.39 is 11.7 Å². The highest BCUT2D eigenvalue weighted by molar-refractivity contribution is 5.74. The van der Waals surface area contributed by atoms with Crippen LogP contribution in [-0.2, 0) is 22.1 Å². The van der Waals surface area contributed by atoms with E-state index in [1.807, 2.05) is 48.5 Å². The molecule has 3 rings (SSSR count). The topological polar surface area (TPSA) is 35.5 Å². The number of methoxy groups -OCH3 is 1. The zero-order valence-electron chi connectivity index (χ0n) is 16.9. The van der Waals surface area contributed by atoms with E-state index in [1.54, 1.807) is 12.2 Å². The Kier molecular flexibility index (Phi) is 7.13. The van der Waals surface area contributed by atoms with Crippen molar-refractivity contribution in [3.8, 4) is 16.9 Å². The molecule has 0 fully saturated rings. The Hall–Kier alpha value is -3.54. The second-order valence-electron chi connectivity index (χ2n) is 6.81. The van der Waals surface area contributed by atoms with E-state index in [4.69, 9.17) is 9.47 Å². The number of esters is 1. The van der Waals surface area contributed by atoms with Crippen LogP contribution in [0.1, 0.15) is 16.7 Å². The van der Waals surface area contributed by atoms with Crippen molar-refractivity contribution in [3.63, 3.8) is 0 Å². The molecule has 0 radical (unpaired) electrons. The third-order valence-corrected chi connectivity index (χ3v) is 4.57. The van der Waals surface area contributed by atoms with E-state index in [9.17, 15) is 18.0 Å². The summed E-state index contributed by atoms with van der Waals surface area (Å²) in [6.45, 7) is 0.271. The van der Waals surface area contributed by atoms with Gasteiger partial charge < -0.3 is 9.47 Å². The molecule has 0 heterocycles. The van der Waals surface area contributed by atoms with Crippen molar-refractivity contribution < 1.29 is 27.4 Å². The van der Waals surface area contributed by atoms with Crippen LogP contribution < -0.4 is 4.74 Å². The van der Waals surface area contributed by atoms with Crippen LogP contribution in [0.3, 0.4) is 0 Å².